The fraction of sp³-hybridized carbons (Fsp3) is 0.385. The summed E-state index contributed by atoms with van der Waals surface area (Å²) < 4.78 is 40.1. The first-order chi connectivity index (χ1) is 9.48. The summed E-state index contributed by atoms with van der Waals surface area (Å²) in [6.45, 7) is 1.42. The van der Waals surface area contributed by atoms with Gasteiger partial charge in [-0.3, -0.25) is 9.36 Å². The van der Waals surface area contributed by atoms with Crippen LogP contribution in [0.3, 0.4) is 0 Å². The fourth-order valence-electron chi connectivity index (χ4n) is 2.53. The number of aromatic nitrogens is 2. The third-order valence-electron chi connectivity index (χ3n) is 3.55. The van der Waals surface area contributed by atoms with Gasteiger partial charge in [0.15, 0.2) is 0 Å². The second kappa shape index (κ2) is 4.59. The van der Waals surface area contributed by atoms with Crippen LogP contribution < -0.4 is 10.9 Å². The average Bonchev–Trinajstić information content (AvgIpc) is 2.91. The van der Waals surface area contributed by atoms with Gasteiger partial charge in [0.2, 0.25) is 0 Å². The average molecular weight is 283 g/mol. The molecule has 4 nitrogen and oxygen atoms in total. The highest BCUT2D eigenvalue weighted by Crippen LogP contribution is 2.32. The first-order valence-electron chi connectivity index (χ1n) is 6.26. The molecule has 0 aliphatic carbocycles. The minimum absolute atomic E-state index is 0.00854. The van der Waals surface area contributed by atoms with Crippen molar-refractivity contribution >= 4 is 10.9 Å². The van der Waals surface area contributed by atoms with E-state index < -0.39 is 17.3 Å². The van der Waals surface area contributed by atoms with Crippen LogP contribution in [0.1, 0.15) is 18.0 Å². The molecule has 1 atom stereocenters. The van der Waals surface area contributed by atoms with Crippen molar-refractivity contribution in [3.63, 3.8) is 0 Å². The third kappa shape index (κ3) is 2.07. The van der Waals surface area contributed by atoms with Crippen molar-refractivity contribution in [2.75, 3.05) is 13.1 Å². The van der Waals surface area contributed by atoms with E-state index in [2.05, 4.69) is 10.3 Å². The Hall–Kier alpha value is -1.89. The zero-order valence-electron chi connectivity index (χ0n) is 10.4. The summed E-state index contributed by atoms with van der Waals surface area (Å²) >= 11 is 0. The number of para-hydroxylation sites is 1. The van der Waals surface area contributed by atoms with Crippen molar-refractivity contribution in [2.24, 2.45) is 0 Å². The van der Waals surface area contributed by atoms with Gasteiger partial charge < -0.3 is 5.32 Å². The van der Waals surface area contributed by atoms with Gasteiger partial charge in [-0.1, -0.05) is 6.07 Å². The van der Waals surface area contributed by atoms with Crippen molar-refractivity contribution < 1.29 is 13.2 Å². The quantitative estimate of drug-likeness (QED) is 0.870. The first kappa shape index (κ1) is 13.1. The summed E-state index contributed by atoms with van der Waals surface area (Å²) in [5.41, 5.74) is -1.58. The van der Waals surface area contributed by atoms with Crippen LogP contribution in [-0.4, -0.2) is 22.6 Å². The van der Waals surface area contributed by atoms with Gasteiger partial charge in [0.25, 0.3) is 5.56 Å². The van der Waals surface area contributed by atoms with E-state index in [0.29, 0.717) is 6.54 Å². The van der Waals surface area contributed by atoms with Crippen LogP contribution in [0.25, 0.3) is 10.9 Å². The molecule has 1 saturated heterocycles. The standard InChI is InChI=1S/C13H12F3N3O/c14-13(15,16)10-3-1-2-9-11(10)18-7-19(12(9)20)8-4-5-17-6-8/h1-3,7-8,17H,4-6H2. The Bertz CT molecular complexity index is 702. The smallest absolute Gasteiger partial charge is 0.315 e. The molecule has 0 spiro atoms. The molecule has 0 amide bonds. The summed E-state index contributed by atoms with van der Waals surface area (Å²) in [7, 11) is 0. The van der Waals surface area contributed by atoms with Gasteiger partial charge in [-0.2, -0.15) is 13.2 Å². The lowest BCUT2D eigenvalue weighted by Gasteiger charge is -2.14. The van der Waals surface area contributed by atoms with Crippen molar-refractivity contribution in [3.8, 4) is 0 Å². The normalized spacial score (nSPS) is 19.6. The van der Waals surface area contributed by atoms with Gasteiger partial charge in [0.05, 0.1) is 28.8 Å². The monoisotopic (exact) mass is 283 g/mol. The zero-order valence-corrected chi connectivity index (χ0v) is 10.4. The molecule has 1 aliphatic heterocycles. The lowest BCUT2D eigenvalue weighted by molar-refractivity contribution is -0.136. The number of benzene rings is 1. The predicted octanol–water partition coefficient (Wildman–Crippen LogP) is 1.95. The van der Waals surface area contributed by atoms with E-state index in [1.165, 1.54) is 23.0 Å². The van der Waals surface area contributed by atoms with Gasteiger partial charge in [-0.05, 0) is 25.1 Å². The van der Waals surface area contributed by atoms with Crippen molar-refractivity contribution in [3.05, 3.63) is 40.4 Å². The molecule has 0 saturated carbocycles. The minimum Gasteiger partial charge on any atom is -0.315 e. The maximum absolute atomic E-state index is 12.9. The van der Waals surface area contributed by atoms with Crippen LogP contribution in [0.15, 0.2) is 29.3 Å². The highest BCUT2D eigenvalue weighted by molar-refractivity contribution is 5.81. The summed E-state index contributed by atoms with van der Waals surface area (Å²) in [5, 5.41) is 3.12. The van der Waals surface area contributed by atoms with E-state index in [4.69, 9.17) is 0 Å². The molecule has 1 fully saturated rings. The molecule has 106 valence electrons. The van der Waals surface area contributed by atoms with Crippen LogP contribution in [0.5, 0.6) is 0 Å². The summed E-state index contributed by atoms with van der Waals surface area (Å²) in [5.74, 6) is 0. The van der Waals surface area contributed by atoms with Crippen LogP contribution in [0.2, 0.25) is 0 Å². The minimum atomic E-state index is -4.51. The Morgan fingerprint density at radius 2 is 2.15 bits per heavy atom. The SMILES string of the molecule is O=c1c2cccc(C(F)(F)F)c2ncn1C1CCNC1. The van der Waals surface area contributed by atoms with Crippen LogP contribution in [-0.2, 0) is 6.18 Å². The predicted molar refractivity (Wildman–Crippen MR) is 67.5 cm³/mol. The highest BCUT2D eigenvalue weighted by atomic mass is 19.4. The maximum Gasteiger partial charge on any atom is 0.418 e. The van der Waals surface area contributed by atoms with E-state index in [1.54, 1.807) is 0 Å². The number of rotatable bonds is 1. The largest absolute Gasteiger partial charge is 0.418 e. The number of fused-ring (bicyclic) bond motifs is 1. The number of hydrogen-bond acceptors (Lipinski definition) is 3. The van der Waals surface area contributed by atoms with Crippen LogP contribution >= 0.6 is 0 Å². The molecule has 20 heavy (non-hydrogen) atoms. The Morgan fingerprint density at radius 3 is 2.80 bits per heavy atom. The summed E-state index contributed by atoms with van der Waals surface area (Å²) in [4.78, 5) is 16.2. The van der Waals surface area contributed by atoms with Crippen molar-refractivity contribution in [2.45, 2.75) is 18.6 Å². The molecular weight excluding hydrogens is 271 g/mol. The molecule has 3 rings (SSSR count). The molecule has 0 bridgehead atoms. The molecule has 2 aromatic rings. The number of alkyl halides is 3. The van der Waals surface area contributed by atoms with Gasteiger partial charge in [-0.25, -0.2) is 4.98 Å². The van der Waals surface area contributed by atoms with Gasteiger partial charge in [0.1, 0.15) is 0 Å². The van der Waals surface area contributed by atoms with Gasteiger partial charge >= 0.3 is 6.18 Å². The maximum atomic E-state index is 12.9. The number of halogens is 3. The summed E-state index contributed by atoms with van der Waals surface area (Å²) in [6.07, 6.45) is -2.52. The van der Waals surface area contributed by atoms with E-state index in [-0.39, 0.29) is 16.9 Å². The molecule has 2 heterocycles. The highest BCUT2D eigenvalue weighted by Gasteiger charge is 2.33. The molecular formula is C13H12F3N3O. The number of hydrogen-bond donors (Lipinski definition) is 1. The Kier molecular flexibility index (Phi) is 3.01. The molecule has 0 radical (unpaired) electrons. The Labute approximate surface area is 112 Å². The van der Waals surface area contributed by atoms with Gasteiger partial charge in [-0.15, -0.1) is 0 Å². The zero-order chi connectivity index (χ0) is 14.3. The summed E-state index contributed by atoms with van der Waals surface area (Å²) in [6, 6.07) is 3.52. The van der Waals surface area contributed by atoms with Crippen LogP contribution in [0.4, 0.5) is 13.2 Å². The number of nitrogens with zero attached hydrogens (tertiary/aromatic N) is 2. The lowest BCUT2D eigenvalue weighted by Crippen LogP contribution is -2.27. The van der Waals surface area contributed by atoms with Crippen molar-refractivity contribution in [1.29, 1.82) is 0 Å². The topological polar surface area (TPSA) is 46.9 Å². The van der Waals surface area contributed by atoms with Crippen LogP contribution in [0, 0.1) is 0 Å². The Balaban J connectivity index is 2.22. The third-order valence-corrected chi connectivity index (χ3v) is 3.55. The van der Waals surface area contributed by atoms with E-state index in [1.807, 2.05) is 0 Å². The molecule has 7 heteroatoms. The molecule has 1 N–H and O–H groups in total. The number of nitrogens with one attached hydrogen (secondary N) is 1. The van der Waals surface area contributed by atoms with E-state index >= 15 is 0 Å². The molecule has 1 unspecified atom stereocenters. The van der Waals surface area contributed by atoms with E-state index in [9.17, 15) is 18.0 Å². The molecule has 1 aromatic carbocycles. The second-order valence-corrected chi connectivity index (χ2v) is 4.80. The molecule has 1 aliphatic rings. The van der Waals surface area contributed by atoms with Crippen molar-refractivity contribution in [1.82, 2.24) is 14.9 Å². The second-order valence-electron chi connectivity index (χ2n) is 4.80. The van der Waals surface area contributed by atoms with E-state index in [0.717, 1.165) is 19.0 Å². The van der Waals surface area contributed by atoms with Gasteiger partial charge in [0, 0.05) is 6.54 Å². The first-order valence-corrected chi connectivity index (χ1v) is 6.26. The lowest BCUT2D eigenvalue weighted by atomic mass is 10.1. The molecule has 1 aromatic heterocycles. The Morgan fingerprint density at radius 1 is 1.35 bits per heavy atom. The fourth-order valence-corrected chi connectivity index (χ4v) is 2.53.